The zero-order valence-corrected chi connectivity index (χ0v) is 21.2. The van der Waals surface area contributed by atoms with Crippen LogP contribution in [0.25, 0.3) is 11.3 Å². The van der Waals surface area contributed by atoms with Crippen molar-refractivity contribution in [1.29, 1.82) is 0 Å². The van der Waals surface area contributed by atoms with Crippen LogP contribution in [0.4, 0.5) is 11.5 Å². The van der Waals surface area contributed by atoms with Gasteiger partial charge in [0.05, 0.1) is 24.6 Å². The number of anilines is 2. The Hall–Kier alpha value is -2.12. The molecule has 2 heterocycles. The lowest BCUT2D eigenvalue weighted by Gasteiger charge is -2.48. The number of nitrogens with two attached hydrogens (primary N) is 1. The van der Waals surface area contributed by atoms with Gasteiger partial charge in [0.25, 0.3) is 0 Å². The van der Waals surface area contributed by atoms with Crippen molar-refractivity contribution in [2.75, 3.05) is 30.8 Å². The van der Waals surface area contributed by atoms with Crippen LogP contribution in [0.3, 0.4) is 0 Å². The van der Waals surface area contributed by atoms with Crippen molar-refractivity contribution in [3.63, 3.8) is 0 Å². The summed E-state index contributed by atoms with van der Waals surface area (Å²) in [5.41, 5.74) is 11.7. The standard InChI is InChI=1S/C24H36N4O2Si/c1-23(2,3)31(7,8)30-15-12-28(13-15)21-17-11-24(4,5)19-20(26-14-27-22(19)25)16(17)9-10-18(21)29-6/h9-10,14-15H,11-13H2,1-8H3,(H2,25,26,27). The number of hydrogen-bond donors (Lipinski definition) is 1. The molecule has 0 saturated carbocycles. The second-order valence-corrected chi connectivity index (χ2v) is 15.8. The van der Waals surface area contributed by atoms with Crippen molar-refractivity contribution in [2.45, 2.75) is 70.7 Å². The average Bonchev–Trinajstić information content (AvgIpc) is 2.62. The molecule has 168 valence electrons. The van der Waals surface area contributed by atoms with Gasteiger partial charge < -0.3 is 19.8 Å². The van der Waals surface area contributed by atoms with Crippen molar-refractivity contribution >= 4 is 19.8 Å². The van der Waals surface area contributed by atoms with E-state index in [2.05, 4.69) is 74.7 Å². The zero-order valence-electron chi connectivity index (χ0n) is 20.2. The molecule has 2 aromatic rings. The first-order chi connectivity index (χ1) is 14.4. The van der Waals surface area contributed by atoms with E-state index in [0.29, 0.717) is 5.82 Å². The molecule has 0 amide bonds. The third kappa shape index (κ3) is 3.61. The highest BCUT2D eigenvalue weighted by Gasteiger charge is 2.44. The number of nitrogen functional groups attached to an aromatic ring is 1. The highest BCUT2D eigenvalue weighted by Crippen LogP contribution is 2.50. The van der Waals surface area contributed by atoms with E-state index in [4.69, 9.17) is 14.9 Å². The van der Waals surface area contributed by atoms with Crippen LogP contribution in [0.2, 0.25) is 18.1 Å². The molecule has 0 unspecified atom stereocenters. The van der Waals surface area contributed by atoms with Crippen LogP contribution in [0.1, 0.15) is 45.7 Å². The summed E-state index contributed by atoms with van der Waals surface area (Å²) >= 11 is 0. The molecule has 4 rings (SSSR count). The Labute approximate surface area is 187 Å². The van der Waals surface area contributed by atoms with Crippen molar-refractivity contribution in [1.82, 2.24) is 9.97 Å². The number of hydrogen-bond acceptors (Lipinski definition) is 6. The topological polar surface area (TPSA) is 73.5 Å². The van der Waals surface area contributed by atoms with Gasteiger partial charge in [-0.15, -0.1) is 0 Å². The van der Waals surface area contributed by atoms with Crippen LogP contribution in [-0.2, 0) is 16.3 Å². The van der Waals surface area contributed by atoms with E-state index in [1.54, 1.807) is 13.4 Å². The molecule has 31 heavy (non-hydrogen) atoms. The first-order valence-electron chi connectivity index (χ1n) is 11.1. The van der Waals surface area contributed by atoms with E-state index in [1.807, 2.05) is 0 Å². The molecule has 1 fully saturated rings. The maximum atomic E-state index is 6.64. The molecule has 0 atom stereocenters. The second kappa shape index (κ2) is 7.20. The van der Waals surface area contributed by atoms with Crippen LogP contribution in [-0.4, -0.2) is 44.6 Å². The van der Waals surface area contributed by atoms with E-state index < -0.39 is 8.32 Å². The Kier molecular flexibility index (Phi) is 5.13. The summed E-state index contributed by atoms with van der Waals surface area (Å²) in [4.78, 5) is 11.3. The van der Waals surface area contributed by atoms with Crippen LogP contribution in [0, 0.1) is 0 Å². The fourth-order valence-electron chi connectivity index (χ4n) is 4.62. The van der Waals surface area contributed by atoms with Gasteiger partial charge in [0.15, 0.2) is 8.32 Å². The minimum atomic E-state index is -1.78. The first-order valence-corrected chi connectivity index (χ1v) is 14.0. The number of methoxy groups -OCH3 is 1. The van der Waals surface area contributed by atoms with Gasteiger partial charge in [-0.25, -0.2) is 9.97 Å². The van der Waals surface area contributed by atoms with E-state index >= 15 is 0 Å². The summed E-state index contributed by atoms with van der Waals surface area (Å²) in [6.45, 7) is 17.7. The fourth-order valence-corrected chi connectivity index (χ4v) is 5.95. The number of fused-ring (bicyclic) bond motifs is 3. The summed E-state index contributed by atoms with van der Waals surface area (Å²) in [7, 11) is -0.0375. The molecule has 0 spiro atoms. The normalized spacial score (nSPS) is 18.3. The number of benzene rings is 1. The molecule has 0 radical (unpaired) electrons. The molecule has 1 aliphatic heterocycles. The number of ether oxygens (including phenoxy) is 1. The second-order valence-electron chi connectivity index (χ2n) is 11.1. The van der Waals surface area contributed by atoms with Crippen molar-refractivity contribution in [3.05, 3.63) is 29.6 Å². The Morgan fingerprint density at radius 3 is 2.45 bits per heavy atom. The molecule has 0 bridgehead atoms. The Bertz CT molecular complexity index is 1010. The predicted molar refractivity (Wildman–Crippen MR) is 129 cm³/mol. The molecule has 1 aliphatic carbocycles. The van der Waals surface area contributed by atoms with Gasteiger partial charge in [0.2, 0.25) is 0 Å². The Morgan fingerprint density at radius 1 is 1.16 bits per heavy atom. The zero-order chi connectivity index (χ0) is 22.8. The van der Waals surface area contributed by atoms with E-state index in [9.17, 15) is 0 Å². The Balaban J connectivity index is 1.70. The SMILES string of the molecule is COc1ccc2c(c1N1CC(O[Si](C)(C)C(C)(C)C)C1)CC(C)(C)c1c(N)ncnc1-2. The fraction of sp³-hybridized carbons (Fsp3) is 0.583. The van der Waals surface area contributed by atoms with Gasteiger partial charge in [-0.05, 0) is 47.7 Å². The van der Waals surface area contributed by atoms with Gasteiger partial charge in [-0.3, -0.25) is 0 Å². The molecule has 7 heteroatoms. The van der Waals surface area contributed by atoms with Gasteiger partial charge in [0.1, 0.15) is 17.9 Å². The van der Waals surface area contributed by atoms with Crippen molar-refractivity contribution in [2.24, 2.45) is 0 Å². The lowest BCUT2D eigenvalue weighted by Crippen LogP contribution is -2.58. The van der Waals surface area contributed by atoms with E-state index in [0.717, 1.165) is 42.1 Å². The average molecular weight is 441 g/mol. The molecule has 1 aromatic heterocycles. The van der Waals surface area contributed by atoms with Crippen molar-refractivity contribution in [3.8, 4) is 17.0 Å². The van der Waals surface area contributed by atoms with Gasteiger partial charge >= 0.3 is 0 Å². The molecule has 1 saturated heterocycles. The lowest BCUT2D eigenvalue weighted by molar-refractivity contribution is 0.148. The number of aromatic nitrogens is 2. The molecule has 2 aliphatic rings. The number of rotatable bonds is 4. The Morgan fingerprint density at radius 2 is 1.84 bits per heavy atom. The summed E-state index contributed by atoms with van der Waals surface area (Å²) in [6, 6.07) is 4.16. The molecular formula is C24H36N4O2Si. The van der Waals surface area contributed by atoms with Gasteiger partial charge in [-0.2, -0.15) is 0 Å². The van der Waals surface area contributed by atoms with Crippen LogP contribution >= 0.6 is 0 Å². The quantitative estimate of drug-likeness (QED) is 0.690. The van der Waals surface area contributed by atoms with Crippen LogP contribution in [0.5, 0.6) is 5.75 Å². The minimum absolute atomic E-state index is 0.156. The van der Waals surface area contributed by atoms with Crippen LogP contribution in [0.15, 0.2) is 18.5 Å². The van der Waals surface area contributed by atoms with Crippen LogP contribution < -0.4 is 15.4 Å². The monoisotopic (exact) mass is 440 g/mol. The van der Waals surface area contributed by atoms with Crippen molar-refractivity contribution < 1.29 is 9.16 Å². The maximum Gasteiger partial charge on any atom is 0.192 e. The summed E-state index contributed by atoms with van der Waals surface area (Å²) in [5.74, 6) is 1.48. The molecule has 1 aromatic carbocycles. The van der Waals surface area contributed by atoms with Gasteiger partial charge in [-0.1, -0.05) is 34.6 Å². The summed E-state index contributed by atoms with van der Waals surface area (Å²) in [6.07, 6.45) is 2.70. The minimum Gasteiger partial charge on any atom is -0.495 e. The summed E-state index contributed by atoms with van der Waals surface area (Å²) < 4.78 is 12.4. The first kappa shape index (κ1) is 22.1. The third-order valence-corrected chi connectivity index (χ3v) is 11.9. The van der Waals surface area contributed by atoms with E-state index in [-0.39, 0.29) is 16.6 Å². The maximum absolute atomic E-state index is 6.64. The molecule has 2 N–H and O–H groups in total. The lowest BCUT2D eigenvalue weighted by atomic mass is 9.71. The highest BCUT2D eigenvalue weighted by atomic mass is 28.4. The largest absolute Gasteiger partial charge is 0.495 e. The van der Waals surface area contributed by atoms with E-state index in [1.165, 1.54) is 11.3 Å². The molecule has 6 nitrogen and oxygen atoms in total. The highest BCUT2D eigenvalue weighted by molar-refractivity contribution is 6.74. The van der Waals surface area contributed by atoms with Gasteiger partial charge in [0, 0.05) is 24.2 Å². The molecular weight excluding hydrogens is 404 g/mol. The predicted octanol–water partition coefficient (Wildman–Crippen LogP) is 4.78. The number of nitrogens with zero attached hydrogens (tertiary/aromatic N) is 3. The summed E-state index contributed by atoms with van der Waals surface area (Å²) in [5, 5.41) is 0.213. The third-order valence-electron chi connectivity index (χ3n) is 7.32. The smallest absolute Gasteiger partial charge is 0.192 e.